The summed E-state index contributed by atoms with van der Waals surface area (Å²) in [4.78, 5) is 17.6. The Morgan fingerprint density at radius 2 is 1.52 bits per heavy atom. The van der Waals surface area contributed by atoms with E-state index in [-0.39, 0.29) is 5.78 Å². The van der Waals surface area contributed by atoms with Crippen molar-refractivity contribution in [1.29, 1.82) is 0 Å². The lowest BCUT2D eigenvalue weighted by molar-refractivity contribution is -0.110. The van der Waals surface area contributed by atoms with Crippen molar-refractivity contribution >= 4 is 34.4 Å². The second kappa shape index (κ2) is 6.13. The molecule has 25 heavy (non-hydrogen) atoms. The fourth-order valence-corrected chi connectivity index (χ4v) is 8.42. The lowest BCUT2D eigenvalue weighted by atomic mass is 10.1. The van der Waals surface area contributed by atoms with Gasteiger partial charge in [-0.15, -0.1) is 0 Å². The largest absolute Gasteiger partial charge is 0.293 e. The molecule has 0 aromatic heterocycles. The molecule has 0 unspecified atom stereocenters. The normalized spacial score (nSPS) is 18.2. The van der Waals surface area contributed by atoms with Crippen LogP contribution in [-0.4, -0.2) is 16.9 Å². The highest BCUT2D eigenvalue weighted by molar-refractivity contribution is 7.94. The first-order valence-corrected chi connectivity index (χ1v) is 10.3. The van der Waals surface area contributed by atoms with Crippen molar-refractivity contribution in [2.75, 3.05) is 0 Å². The fraction of sp³-hybridized carbons (Fsp3) is 0.136. The number of hydrogen-bond acceptors (Lipinski definition) is 2. The van der Waals surface area contributed by atoms with Crippen LogP contribution in [0, 0.1) is 0 Å². The molecule has 0 atom stereocenters. The summed E-state index contributed by atoms with van der Waals surface area (Å²) in [5.41, 5.74) is 2.98. The maximum Gasteiger partial charge on any atom is 0.179 e. The van der Waals surface area contributed by atoms with E-state index in [0.717, 1.165) is 12.1 Å². The molecule has 2 nitrogen and oxygen atoms in total. The molecule has 0 saturated heterocycles. The lowest BCUT2D eigenvalue weighted by Crippen LogP contribution is -2.29. The van der Waals surface area contributed by atoms with E-state index in [4.69, 9.17) is 4.99 Å². The Bertz CT molecular complexity index is 951. The third-order valence-corrected chi connectivity index (χ3v) is 9.24. The molecule has 0 amide bonds. The number of hydrogen-bond donors (Lipinski definition) is 0. The van der Waals surface area contributed by atoms with E-state index in [1.165, 1.54) is 21.5 Å². The van der Waals surface area contributed by atoms with E-state index < -0.39 is 6.89 Å². The second-order valence-electron chi connectivity index (χ2n) is 6.39. The lowest BCUT2D eigenvalue weighted by Gasteiger charge is -2.34. The van der Waals surface area contributed by atoms with Gasteiger partial charge in [-0.1, -0.05) is 72.8 Å². The van der Waals surface area contributed by atoms with Crippen LogP contribution in [0.5, 0.6) is 0 Å². The molecule has 0 fully saturated rings. The predicted molar refractivity (Wildman–Crippen MR) is 109 cm³/mol. The Hall–Kier alpha value is -2.44. The van der Waals surface area contributed by atoms with Crippen LogP contribution in [0.2, 0.25) is 0 Å². The zero-order valence-electron chi connectivity index (χ0n) is 14.4. The first kappa shape index (κ1) is 16.1. The van der Waals surface area contributed by atoms with Gasteiger partial charge in [0, 0.05) is 19.5 Å². The van der Waals surface area contributed by atoms with Gasteiger partial charge in [0.15, 0.2) is 5.78 Å². The quantitative estimate of drug-likeness (QED) is 0.772. The number of nitrogens with zero attached hydrogens (tertiary/aromatic N) is 1. The maximum absolute atomic E-state index is 12.7. The Kier molecular flexibility index (Phi) is 3.94. The van der Waals surface area contributed by atoms with E-state index in [0.29, 0.717) is 5.42 Å². The number of benzene rings is 2. The standard InChI is InChI=1S/C22H20NOP/c1-16-20-14-9-15-21(20)25(22(23-16)17(2)24,18-10-5-3-6-11-18)19-12-7-4-8-13-19/h3-13,15H,14H2,1-2H3. The van der Waals surface area contributed by atoms with Crippen molar-refractivity contribution in [3.05, 3.63) is 83.7 Å². The number of ketones is 1. The number of Topliss-reactive ketones (excluding diaryl/α,β-unsaturated/α-hetero) is 1. The third-order valence-electron chi connectivity index (χ3n) is 4.90. The number of aliphatic imine (C=N–C) groups is 1. The Labute approximate surface area is 148 Å². The van der Waals surface area contributed by atoms with E-state index in [2.05, 4.69) is 60.7 Å². The SMILES string of the molecule is CC(=O)C1=P(c2ccccc2)(c2ccccc2)C2=C(CC=C2)C(C)=N1. The summed E-state index contributed by atoms with van der Waals surface area (Å²) in [6.45, 7) is 1.44. The highest BCUT2D eigenvalue weighted by Crippen LogP contribution is 2.60. The van der Waals surface area contributed by atoms with E-state index >= 15 is 0 Å². The van der Waals surface area contributed by atoms with Crippen LogP contribution in [0.1, 0.15) is 20.3 Å². The van der Waals surface area contributed by atoms with Crippen LogP contribution in [0.15, 0.2) is 88.7 Å². The predicted octanol–water partition coefficient (Wildman–Crippen LogP) is 4.06. The summed E-state index contributed by atoms with van der Waals surface area (Å²) in [5, 5.41) is 3.69. The Morgan fingerprint density at radius 1 is 0.960 bits per heavy atom. The molecule has 1 heterocycles. The van der Waals surface area contributed by atoms with Crippen LogP contribution in [-0.2, 0) is 4.79 Å². The van der Waals surface area contributed by atoms with Crippen molar-refractivity contribution < 1.29 is 4.79 Å². The van der Waals surface area contributed by atoms with Gasteiger partial charge in [0.25, 0.3) is 0 Å². The Balaban J connectivity index is 2.25. The highest BCUT2D eigenvalue weighted by Gasteiger charge is 2.38. The van der Waals surface area contributed by atoms with E-state index in [9.17, 15) is 4.79 Å². The number of allylic oxidation sites excluding steroid dienone is 4. The van der Waals surface area contributed by atoms with Gasteiger partial charge in [0.1, 0.15) is 5.42 Å². The molecule has 0 saturated carbocycles. The molecule has 4 rings (SSSR count). The van der Waals surface area contributed by atoms with Crippen molar-refractivity contribution in [1.82, 2.24) is 0 Å². The van der Waals surface area contributed by atoms with Gasteiger partial charge in [-0.2, -0.15) is 0 Å². The average Bonchev–Trinajstić information content (AvgIpc) is 3.14. The molecule has 1 aliphatic carbocycles. The van der Waals surface area contributed by atoms with Crippen molar-refractivity contribution in [3.63, 3.8) is 0 Å². The molecule has 3 heteroatoms. The minimum atomic E-state index is -2.23. The van der Waals surface area contributed by atoms with Gasteiger partial charge in [-0.25, -0.2) is 4.99 Å². The van der Waals surface area contributed by atoms with Crippen LogP contribution in [0.4, 0.5) is 0 Å². The fourth-order valence-electron chi connectivity index (χ4n) is 3.85. The van der Waals surface area contributed by atoms with Gasteiger partial charge in [0.2, 0.25) is 0 Å². The van der Waals surface area contributed by atoms with Crippen LogP contribution < -0.4 is 10.6 Å². The van der Waals surface area contributed by atoms with Gasteiger partial charge < -0.3 is 0 Å². The van der Waals surface area contributed by atoms with E-state index in [1.54, 1.807) is 6.92 Å². The number of rotatable bonds is 3. The van der Waals surface area contributed by atoms with Gasteiger partial charge in [0.05, 0.1) is 0 Å². The van der Waals surface area contributed by atoms with E-state index in [1.807, 2.05) is 19.1 Å². The summed E-state index contributed by atoms with van der Waals surface area (Å²) >= 11 is 0. The van der Waals surface area contributed by atoms with Crippen molar-refractivity contribution in [2.24, 2.45) is 4.99 Å². The van der Waals surface area contributed by atoms with Gasteiger partial charge >= 0.3 is 0 Å². The average molecular weight is 345 g/mol. The smallest absolute Gasteiger partial charge is 0.179 e. The summed E-state index contributed by atoms with van der Waals surface area (Å²) in [6.07, 6.45) is 5.33. The second-order valence-corrected chi connectivity index (χ2v) is 9.67. The molecule has 124 valence electrons. The summed E-state index contributed by atoms with van der Waals surface area (Å²) in [5.74, 6) is 0.0623. The van der Waals surface area contributed by atoms with Crippen molar-refractivity contribution in [3.8, 4) is 0 Å². The first-order chi connectivity index (χ1) is 12.2. The molecular weight excluding hydrogens is 325 g/mol. The van der Waals surface area contributed by atoms with Crippen LogP contribution in [0.3, 0.4) is 0 Å². The maximum atomic E-state index is 12.7. The molecule has 1 aliphatic heterocycles. The molecule has 2 aliphatic rings. The number of carbonyl (C=O) groups is 1. The minimum absolute atomic E-state index is 0.0623. The molecule has 0 N–H and O–H groups in total. The highest BCUT2D eigenvalue weighted by atomic mass is 31.2. The molecule has 0 radical (unpaired) electrons. The number of carbonyl (C=O) groups excluding carboxylic acids is 1. The molecule has 0 spiro atoms. The first-order valence-electron chi connectivity index (χ1n) is 8.50. The van der Waals surface area contributed by atoms with Crippen LogP contribution >= 0.6 is 6.89 Å². The monoisotopic (exact) mass is 345 g/mol. The molecule has 0 bridgehead atoms. The van der Waals surface area contributed by atoms with Crippen LogP contribution in [0.25, 0.3) is 0 Å². The molecule has 2 aromatic rings. The van der Waals surface area contributed by atoms with Crippen molar-refractivity contribution in [2.45, 2.75) is 20.3 Å². The zero-order chi connectivity index (χ0) is 17.4. The molecule has 2 aromatic carbocycles. The third kappa shape index (κ3) is 2.33. The van der Waals surface area contributed by atoms with Gasteiger partial charge in [-0.05, 0) is 34.8 Å². The minimum Gasteiger partial charge on any atom is -0.293 e. The Morgan fingerprint density at radius 3 is 2.04 bits per heavy atom. The van der Waals surface area contributed by atoms with Gasteiger partial charge in [-0.3, -0.25) is 4.79 Å². The molecular formula is C22H20NOP. The summed E-state index contributed by atoms with van der Waals surface area (Å²) in [6, 6.07) is 20.9. The zero-order valence-corrected chi connectivity index (χ0v) is 15.3. The summed E-state index contributed by atoms with van der Waals surface area (Å²) < 4.78 is 0. The topological polar surface area (TPSA) is 29.4 Å². The summed E-state index contributed by atoms with van der Waals surface area (Å²) in [7, 11) is 0.